The second-order valence-electron chi connectivity index (χ2n) is 4.80. The Bertz CT molecular complexity index is 371. The van der Waals surface area contributed by atoms with Gasteiger partial charge in [-0.2, -0.15) is 0 Å². The zero-order valence-electron chi connectivity index (χ0n) is 11.2. The predicted octanol–water partition coefficient (Wildman–Crippen LogP) is 3.58. The summed E-state index contributed by atoms with van der Waals surface area (Å²) in [7, 11) is 1.47. The lowest BCUT2D eigenvalue weighted by Crippen LogP contribution is -2.31. The molecule has 18 heavy (non-hydrogen) atoms. The summed E-state index contributed by atoms with van der Waals surface area (Å²) in [5, 5.41) is 3.28. The van der Waals surface area contributed by atoms with Crippen LogP contribution in [-0.4, -0.2) is 19.0 Å². The fraction of sp³-hybridized carbons (Fsp3) is 0.571. The maximum Gasteiger partial charge on any atom is 0.169 e. The average Bonchev–Trinajstić information content (AvgIpc) is 2.35. The molecule has 1 atom stereocenters. The molecule has 0 aliphatic rings. The molecule has 0 aliphatic heterocycles. The molecule has 0 saturated heterocycles. The zero-order chi connectivity index (χ0) is 13.5. The number of ether oxygens (including phenoxy) is 1. The van der Waals surface area contributed by atoms with Crippen molar-refractivity contribution in [3.05, 3.63) is 29.6 Å². The number of benzene rings is 1. The third-order valence-electron chi connectivity index (χ3n) is 2.79. The summed E-state index contributed by atoms with van der Waals surface area (Å²) in [6.07, 6.45) is 0.981. The molecule has 0 radical (unpaired) electrons. The molecular formula is C14H21ClFNO. The summed E-state index contributed by atoms with van der Waals surface area (Å²) in [5.74, 6) is 1.08. The summed E-state index contributed by atoms with van der Waals surface area (Å²) in [5.41, 5.74) is 0.605. The van der Waals surface area contributed by atoms with E-state index in [9.17, 15) is 4.39 Å². The van der Waals surface area contributed by atoms with Crippen molar-refractivity contribution < 1.29 is 9.13 Å². The normalized spacial score (nSPS) is 12.8. The van der Waals surface area contributed by atoms with E-state index in [1.54, 1.807) is 18.2 Å². The van der Waals surface area contributed by atoms with Crippen molar-refractivity contribution in [2.45, 2.75) is 32.9 Å². The Morgan fingerprint density at radius 3 is 2.67 bits per heavy atom. The molecule has 2 nitrogen and oxygen atoms in total. The topological polar surface area (TPSA) is 21.3 Å². The predicted molar refractivity (Wildman–Crippen MR) is 73.8 cm³/mol. The van der Waals surface area contributed by atoms with Crippen molar-refractivity contribution >= 4 is 11.6 Å². The highest BCUT2D eigenvalue weighted by atomic mass is 35.5. The summed E-state index contributed by atoms with van der Waals surface area (Å²) < 4.78 is 18.8. The van der Waals surface area contributed by atoms with Crippen LogP contribution in [0.25, 0.3) is 0 Å². The van der Waals surface area contributed by atoms with E-state index in [4.69, 9.17) is 16.3 Å². The van der Waals surface area contributed by atoms with Gasteiger partial charge >= 0.3 is 0 Å². The SMILES string of the molecule is COc1cccc(CNC(CCl)CC(C)C)c1F. The number of alkyl halides is 1. The summed E-state index contributed by atoms with van der Waals surface area (Å²) >= 11 is 5.90. The molecule has 0 aromatic heterocycles. The van der Waals surface area contributed by atoms with Gasteiger partial charge in [-0.25, -0.2) is 4.39 Å². The van der Waals surface area contributed by atoms with Gasteiger partial charge < -0.3 is 10.1 Å². The molecule has 0 saturated carbocycles. The van der Waals surface area contributed by atoms with Gasteiger partial charge in [0.2, 0.25) is 0 Å². The average molecular weight is 274 g/mol. The number of halogens is 2. The first kappa shape index (κ1) is 15.3. The van der Waals surface area contributed by atoms with E-state index in [1.807, 2.05) is 0 Å². The number of methoxy groups -OCH3 is 1. The van der Waals surface area contributed by atoms with Gasteiger partial charge in [0.25, 0.3) is 0 Å². The Morgan fingerprint density at radius 1 is 1.39 bits per heavy atom. The molecule has 1 aromatic rings. The maximum atomic E-state index is 13.9. The molecule has 0 heterocycles. The van der Waals surface area contributed by atoms with Crippen LogP contribution in [0.5, 0.6) is 5.75 Å². The fourth-order valence-corrected chi connectivity index (χ4v) is 2.11. The quantitative estimate of drug-likeness (QED) is 0.767. The van der Waals surface area contributed by atoms with E-state index in [0.717, 1.165) is 6.42 Å². The summed E-state index contributed by atoms with van der Waals surface area (Å²) in [6.45, 7) is 4.76. The van der Waals surface area contributed by atoms with Crippen LogP contribution < -0.4 is 10.1 Å². The van der Waals surface area contributed by atoms with E-state index in [1.165, 1.54) is 7.11 Å². The van der Waals surface area contributed by atoms with Crippen LogP contribution in [0.1, 0.15) is 25.8 Å². The van der Waals surface area contributed by atoms with Crippen LogP contribution in [0.3, 0.4) is 0 Å². The number of hydrogen-bond acceptors (Lipinski definition) is 2. The zero-order valence-corrected chi connectivity index (χ0v) is 11.9. The van der Waals surface area contributed by atoms with E-state index in [0.29, 0.717) is 23.9 Å². The molecule has 1 N–H and O–H groups in total. The van der Waals surface area contributed by atoms with Crippen LogP contribution in [0.15, 0.2) is 18.2 Å². The van der Waals surface area contributed by atoms with Crippen molar-refractivity contribution in [1.29, 1.82) is 0 Å². The molecule has 0 aliphatic carbocycles. The largest absolute Gasteiger partial charge is 0.494 e. The van der Waals surface area contributed by atoms with E-state index >= 15 is 0 Å². The van der Waals surface area contributed by atoms with Crippen LogP contribution in [0.2, 0.25) is 0 Å². The Kier molecular flexibility index (Phi) is 6.44. The summed E-state index contributed by atoms with van der Waals surface area (Å²) in [4.78, 5) is 0. The molecule has 0 spiro atoms. The minimum absolute atomic E-state index is 0.206. The first-order valence-electron chi connectivity index (χ1n) is 6.19. The van der Waals surface area contributed by atoms with E-state index in [2.05, 4.69) is 19.2 Å². The highest BCUT2D eigenvalue weighted by Crippen LogP contribution is 2.20. The number of rotatable bonds is 7. The highest BCUT2D eigenvalue weighted by Gasteiger charge is 2.12. The van der Waals surface area contributed by atoms with Crippen molar-refractivity contribution in [3.63, 3.8) is 0 Å². The molecule has 0 amide bonds. The van der Waals surface area contributed by atoms with Crippen molar-refractivity contribution in [2.75, 3.05) is 13.0 Å². The molecule has 1 rings (SSSR count). The highest BCUT2D eigenvalue weighted by molar-refractivity contribution is 6.18. The van der Waals surface area contributed by atoms with Gasteiger partial charge in [0.15, 0.2) is 11.6 Å². The van der Waals surface area contributed by atoms with E-state index < -0.39 is 0 Å². The van der Waals surface area contributed by atoms with Gasteiger partial charge in [0, 0.05) is 24.0 Å². The fourth-order valence-electron chi connectivity index (χ4n) is 1.87. The minimum atomic E-state index is -0.301. The second kappa shape index (κ2) is 7.59. The molecule has 1 unspecified atom stereocenters. The molecule has 1 aromatic carbocycles. The van der Waals surface area contributed by atoms with E-state index in [-0.39, 0.29) is 17.6 Å². The molecule has 0 fully saturated rings. The first-order chi connectivity index (χ1) is 8.58. The van der Waals surface area contributed by atoms with Crippen molar-refractivity contribution in [2.24, 2.45) is 5.92 Å². The van der Waals surface area contributed by atoms with Gasteiger partial charge in [0.1, 0.15) is 0 Å². The smallest absolute Gasteiger partial charge is 0.169 e. The molecular weight excluding hydrogens is 253 g/mol. The van der Waals surface area contributed by atoms with Crippen LogP contribution in [-0.2, 0) is 6.54 Å². The summed E-state index contributed by atoms with van der Waals surface area (Å²) in [6, 6.07) is 5.37. The van der Waals surface area contributed by atoms with Crippen LogP contribution in [0, 0.1) is 11.7 Å². The van der Waals surface area contributed by atoms with Gasteiger partial charge in [-0.1, -0.05) is 26.0 Å². The Morgan fingerprint density at radius 2 is 2.11 bits per heavy atom. The van der Waals surface area contributed by atoms with Gasteiger partial charge in [-0.15, -0.1) is 11.6 Å². The molecule has 0 bridgehead atoms. The lowest BCUT2D eigenvalue weighted by atomic mass is 10.0. The standard InChI is InChI=1S/C14H21ClFNO/c1-10(2)7-12(8-15)17-9-11-5-4-6-13(18-3)14(11)16/h4-6,10,12,17H,7-9H2,1-3H3. The third kappa shape index (κ3) is 4.46. The van der Waals surface area contributed by atoms with Crippen molar-refractivity contribution in [1.82, 2.24) is 5.32 Å². The second-order valence-corrected chi connectivity index (χ2v) is 5.10. The minimum Gasteiger partial charge on any atom is -0.494 e. The Hall–Kier alpha value is -0.800. The lowest BCUT2D eigenvalue weighted by Gasteiger charge is -2.18. The molecule has 4 heteroatoms. The number of hydrogen-bond donors (Lipinski definition) is 1. The van der Waals surface area contributed by atoms with Crippen LogP contribution in [0.4, 0.5) is 4.39 Å². The third-order valence-corrected chi connectivity index (χ3v) is 3.16. The van der Waals surface area contributed by atoms with Gasteiger partial charge in [-0.3, -0.25) is 0 Å². The van der Waals surface area contributed by atoms with Gasteiger partial charge in [-0.05, 0) is 18.4 Å². The lowest BCUT2D eigenvalue weighted by molar-refractivity contribution is 0.381. The van der Waals surface area contributed by atoms with Gasteiger partial charge in [0.05, 0.1) is 7.11 Å². The number of nitrogens with one attached hydrogen (secondary N) is 1. The maximum absolute atomic E-state index is 13.9. The monoisotopic (exact) mass is 273 g/mol. The Balaban J connectivity index is 2.62. The molecule has 102 valence electrons. The Labute approximate surface area is 113 Å². The van der Waals surface area contributed by atoms with Crippen LogP contribution >= 0.6 is 11.6 Å². The van der Waals surface area contributed by atoms with Crippen molar-refractivity contribution in [3.8, 4) is 5.75 Å². The first-order valence-corrected chi connectivity index (χ1v) is 6.72.